The standard InChI is InChI=1S/C12H11N5/c1-8-9-4-2-3-5-10(9)17(16-8)12-14-7-6-11(13)15-12/h2-7H,1H3,(H2,13,14,15). The van der Waals surface area contributed by atoms with Gasteiger partial charge in [0.25, 0.3) is 5.95 Å². The molecule has 0 fully saturated rings. The number of anilines is 1. The number of hydrogen-bond donors (Lipinski definition) is 1. The van der Waals surface area contributed by atoms with Gasteiger partial charge in [0.15, 0.2) is 0 Å². The quantitative estimate of drug-likeness (QED) is 0.684. The van der Waals surface area contributed by atoms with Gasteiger partial charge in [-0.1, -0.05) is 18.2 Å². The van der Waals surface area contributed by atoms with Crippen LogP contribution in [-0.2, 0) is 0 Å². The Bertz CT molecular complexity index is 686. The predicted molar refractivity (Wildman–Crippen MR) is 65.8 cm³/mol. The maximum absolute atomic E-state index is 5.65. The number of para-hydroxylation sites is 1. The smallest absolute Gasteiger partial charge is 0.253 e. The number of nitrogens with zero attached hydrogens (tertiary/aromatic N) is 4. The summed E-state index contributed by atoms with van der Waals surface area (Å²) in [7, 11) is 0. The summed E-state index contributed by atoms with van der Waals surface area (Å²) < 4.78 is 1.71. The summed E-state index contributed by atoms with van der Waals surface area (Å²) in [5, 5.41) is 5.53. The predicted octanol–water partition coefficient (Wildman–Crippen LogP) is 1.71. The van der Waals surface area contributed by atoms with Crippen LogP contribution in [0.1, 0.15) is 5.69 Å². The first-order valence-corrected chi connectivity index (χ1v) is 5.29. The summed E-state index contributed by atoms with van der Waals surface area (Å²) in [6, 6.07) is 9.62. The molecule has 0 spiro atoms. The molecule has 0 unspecified atom stereocenters. The van der Waals surface area contributed by atoms with E-state index in [1.807, 2.05) is 31.2 Å². The summed E-state index contributed by atoms with van der Waals surface area (Å²) in [5.74, 6) is 0.932. The van der Waals surface area contributed by atoms with Gasteiger partial charge in [-0.05, 0) is 19.1 Å². The highest BCUT2D eigenvalue weighted by Crippen LogP contribution is 2.19. The van der Waals surface area contributed by atoms with E-state index in [1.165, 1.54) is 0 Å². The lowest BCUT2D eigenvalue weighted by atomic mass is 10.2. The van der Waals surface area contributed by atoms with Crippen LogP contribution in [0.4, 0.5) is 5.82 Å². The number of rotatable bonds is 1. The molecule has 0 aliphatic carbocycles. The van der Waals surface area contributed by atoms with Crippen molar-refractivity contribution in [3.8, 4) is 5.95 Å². The first kappa shape index (κ1) is 9.77. The third-order valence-corrected chi connectivity index (χ3v) is 2.63. The van der Waals surface area contributed by atoms with Crippen molar-refractivity contribution in [2.24, 2.45) is 0 Å². The van der Waals surface area contributed by atoms with Crippen LogP contribution in [0, 0.1) is 6.92 Å². The van der Waals surface area contributed by atoms with E-state index in [2.05, 4.69) is 15.1 Å². The van der Waals surface area contributed by atoms with Crippen molar-refractivity contribution < 1.29 is 0 Å². The number of nitrogens with two attached hydrogens (primary N) is 1. The van der Waals surface area contributed by atoms with E-state index in [0.717, 1.165) is 16.6 Å². The molecular formula is C12H11N5. The molecule has 0 aliphatic heterocycles. The normalized spacial score (nSPS) is 10.9. The lowest BCUT2D eigenvalue weighted by Gasteiger charge is -2.01. The molecule has 0 radical (unpaired) electrons. The summed E-state index contributed by atoms with van der Waals surface area (Å²) in [6.07, 6.45) is 1.63. The van der Waals surface area contributed by atoms with Gasteiger partial charge in [-0.3, -0.25) is 0 Å². The van der Waals surface area contributed by atoms with Gasteiger partial charge in [0, 0.05) is 11.6 Å². The zero-order valence-electron chi connectivity index (χ0n) is 9.33. The van der Waals surface area contributed by atoms with Gasteiger partial charge in [0.05, 0.1) is 11.2 Å². The fourth-order valence-corrected chi connectivity index (χ4v) is 1.84. The summed E-state index contributed by atoms with van der Waals surface area (Å²) in [5.41, 5.74) is 7.59. The molecule has 0 saturated carbocycles. The number of nitrogen functional groups attached to an aromatic ring is 1. The van der Waals surface area contributed by atoms with E-state index in [9.17, 15) is 0 Å². The molecule has 2 heterocycles. The van der Waals surface area contributed by atoms with Crippen LogP contribution in [-0.4, -0.2) is 19.7 Å². The number of benzene rings is 1. The Morgan fingerprint density at radius 3 is 2.82 bits per heavy atom. The highest BCUT2D eigenvalue weighted by molar-refractivity contribution is 5.82. The van der Waals surface area contributed by atoms with E-state index in [0.29, 0.717) is 11.8 Å². The van der Waals surface area contributed by atoms with Crippen molar-refractivity contribution in [2.45, 2.75) is 6.92 Å². The van der Waals surface area contributed by atoms with Crippen LogP contribution in [0.2, 0.25) is 0 Å². The molecule has 2 N–H and O–H groups in total. The van der Waals surface area contributed by atoms with E-state index < -0.39 is 0 Å². The summed E-state index contributed by atoms with van der Waals surface area (Å²) >= 11 is 0. The fourth-order valence-electron chi connectivity index (χ4n) is 1.84. The van der Waals surface area contributed by atoms with Gasteiger partial charge < -0.3 is 5.73 Å². The van der Waals surface area contributed by atoms with Crippen LogP contribution < -0.4 is 5.73 Å². The Morgan fingerprint density at radius 1 is 1.18 bits per heavy atom. The average molecular weight is 225 g/mol. The van der Waals surface area contributed by atoms with Crippen LogP contribution in [0.5, 0.6) is 0 Å². The van der Waals surface area contributed by atoms with E-state index in [4.69, 9.17) is 5.73 Å². The van der Waals surface area contributed by atoms with Crippen molar-refractivity contribution >= 4 is 16.7 Å². The molecule has 17 heavy (non-hydrogen) atoms. The van der Waals surface area contributed by atoms with Gasteiger partial charge in [-0.15, -0.1) is 0 Å². The molecule has 0 saturated heterocycles. The van der Waals surface area contributed by atoms with Crippen molar-refractivity contribution in [1.82, 2.24) is 19.7 Å². The molecule has 0 aliphatic rings. The topological polar surface area (TPSA) is 69.6 Å². The molecule has 84 valence electrons. The highest BCUT2D eigenvalue weighted by Gasteiger charge is 2.09. The van der Waals surface area contributed by atoms with E-state index in [-0.39, 0.29) is 0 Å². The highest BCUT2D eigenvalue weighted by atomic mass is 15.4. The molecule has 5 nitrogen and oxygen atoms in total. The van der Waals surface area contributed by atoms with Gasteiger partial charge >= 0.3 is 0 Å². The van der Waals surface area contributed by atoms with Crippen LogP contribution in [0.15, 0.2) is 36.5 Å². The number of aromatic nitrogens is 4. The first-order valence-electron chi connectivity index (χ1n) is 5.29. The third-order valence-electron chi connectivity index (χ3n) is 2.63. The minimum atomic E-state index is 0.437. The Morgan fingerprint density at radius 2 is 2.00 bits per heavy atom. The Kier molecular flexibility index (Phi) is 2.04. The monoisotopic (exact) mass is 225 g/mol. The molecule has 0 amide bonds. The molecule has 1 aromatic carbocycles. The van der Waals surface area contributed by atoms with E-state index >= 15 is 0 Å². The molecule has 3 rings (SSSR count). The molecule has 0 bridgehead atoms. The molecular weight excluding hydrogens is 214 g/mol. The number of hydrogen-bond acceptors (Lipinski definition) is 4. The number of fused-ring (bicyclic) bond motifs is 1. The summed E-state index contributed by atoms with van der Waals surface area (Å²) in [6.45, 7) is 1.96. The molecule has 5 heteroatoms. The minimum absolute atomic E-state index is 0.437. The van der Waals surface area contributed by atoms with Crippen molar-refractivity contribution in [3.05, 3.63) is 42.2 Å². The SMILES string of the molecule is Cc1nn(-c2nccc(N)n2)c2ccccc12. The van der Waals surface area contributed by atoms with E-state index in [1.54, 1.807) is 16.9 Å². The zero-order valence-corrected chi connectivity index (χ0v) is 9.33. The minimum Gasteiger partial charge on any atom is -0.384 e. The Hall–Kier alpha value is -2.43. The maximum atomic E-state index is 5.65. The maximum Gasteiger partial charge on any atom is 0.253 e. The van der Waals surface area contributed by atoms with Crippen LogP contribution in [0.25, 0.3) is 16.9 Å². The van der Waals surface area contributed by atoms with Gasteiger partial charge in [0.2, 0.25) is 0 Å². The average Bonchev–Trinajstić information content (AvgIpc) is 2.68. The van der Waals surface area contributed by atoms with Crippen LogP contribution in [0.3, 0.4) is 0 Å². The lowest BCUT2D eigenvalue weighted by molar-refractivity contribution is 0.822. The van der Waals surface area contributed by atoms with Gasteiger partial charge in [-0.2, -0.15) is 14.8 Å². The second-order valence-electron chi connectivity index (χ2n) is 3.80. The first-order chi connectivity index (χ1) is 8.25. The second kappa shape index (κ2) is 3.55. The van der Waals surface area contributed by atoms with Crippen molar-refractivity contribution in [1.29, 1.82) is 0 Å². The van der Waals surface area contributed by atoms with Crippen molar-refractivity contribution in [3.63, 3.8) is 0 Å². The van der Waals surface area contributed by atoms with Crippen LogP contribution >= 0.6 is 0 Å². The Labute approximate surface area is 97.9 Å². The zero-order chi connectivity index (χ0) is 11.8. The fraction of sp³-hybridized carbons (Fsp3) is 0.0833. The number of aryl methyl sites for hydroxylation is 1. The molecule has 3 aromatic rings. The lowest BCUT2D eigenvalue weighted by Crippen LogP contribution is -2.04. The van der Waals surface area contributed by atoms with Gasteiger partial charge in [0.1, 0.15) is 5.82 Å². The van der Waals surface area contributed by atoms with Gasteiger partial charge in [-0.25, -0.2) is 4.98 Å². The van der Waals surface area contributed by atoms with Crippen molar-refractivity contribution in [2.75, 3.05) is 5.73 Å². The summed E-state index contributed by atoms with van der Waals surface area (Å²) in [4.78, 5) is 8.36. The second-order valence-corrected chi connectivity index (χ2v) is 3.80. The molecule has 2 aromatic heterocycles. The largest absolute Gasteiger partial charge is 0.384 e. The Balaban J connectivity index is 2.31. The third kappa shape index (κ3) is 1.52. The molecule has 0 atom stereocenters.